The van der Waals surface area contributed by atoms with E-state index >= 15 is 0 Å². The molecule has 22 heavy (non-hydrogen) atoms. The molecule has 0 spiro atoms. The number of thiophene rings is 1. The van der Waals surface area contributed by atoms with Crippen LogP contribution >= 0.6 is 11.3 Å². The largest absolute Gasteiger partial charge is 0.322 e. The Labute approximate surface area is 129 Å². The summed E-state index contributed by atoms with van der Waals surface area (Å²) in [6.45, 7) is 0. The monoisotopic (exact) mass is 313 g/mol. The van der Waals surface area contributed by atoms with Crippen LogP contribution < -0.4 is 10.8 Å². The van der Waals surface area contributed by atoms with Crippen LogP contribution in [0.25, 0.3) is 10.1 Å². The summed E-state index contributed by atoms with van der Waals surface area (Å²) in [5, 5.41) is 12.2. The second-order valence-corrected chi connectivity index (χ2v) is 5.58. The maximum Gasteiger partial charge on any atom is 0.284 e. The van der Waals surface area contributed by atoms with Gasteiger partial charge in [0.05, 0.1) is 10.4 Å². The quantitative estimate of drug-likeness (QED) is 0.512. The van der Waals surface area contributed by atoms with E-state index in [0.717, 1.165) is 10.1 Å². The van der Waals surface area contributed by atoms with Gasteiger partial charge in [-0.2, -0.15) is 0 Å². The van der Waals surface area contributed by atoms with Gasteiger partial charge >= 0.3 is 0 Å². The van der Waals surface area contributed by atoms with E-state index in [4.69, 9.17) is 5.21 Å². The van der Waals surface area contributed by atoms with Gasteiger partial charge in [0.15, 0.2) is 0 Å². The maximum absolute atomic E-state index is 12.1. The third-order valence-corrected chi connectivity index (χ3v) is 4.14. The molecule has 2 heterocycles. The van der Waals surface area contributed by atoms with Gasteiger partial charge in [-0.15, -0.1) is 11.3 Å². The minimum absolute atomic E-state index is 0.254. The van der Waals surface area contributed by atoms with Crippen molar-refractivity contribution in [3.8, 4) is 0 Å². The van der Waals surface area contributed by atoms with Crippen molar-refractivity contribution >= 4 is 38.9 Å². The fraction of sp³-hybridized carbons (Fsp3) is 0. The number of amides is 2. The predicted octanol–water partition coefficient (Wildman–Crippen LogP) is 2.67. The number of pyridine rings is 1. The molecule has 3 aromatic rings. The molecule has 2 amide bonds. The number of nitrogens with zero attached hydrogens (tertiary/aromatic N) is 1. The molecule has 0 saturated carbocycles. The predicted molar refractivity (Wildman–Crippen MR) is 83.3 cm³/mol. The lowest BCUT2D eigenvalue weighted by Gasteiger charge is -2.04. The van der Waals surface area contributed by atoms with E-state index in [1.807, 2.05) is 6.07 Å². The van der Waals surface area contributed by atoms with Crippen molar-refractivity contribution < 1.29 is 14.8 Å². The fourth-order valence-corrected chi connectivity index (χ4v) is 2.92. The number of carbonyl (C=O) groups is 2. The molecule has 3 N–H and O–H groups in total. The summed E-state index contributed by atoms with van der Waals surface area (Å²) in [4.78, 5) is 27.8. The van der Waals surface area contributed by atoms with Crippen molar-refractivity contribution in [2.45, 2.75) is 0 Å². The highest BCUT2D eigenvalue weighted by Gasteiger charge is 2.11. The first-order valence-corrected chi connectivity index (χ1v) is 7.18. The number of rotatable bonds is 3. The van der Waals surface area contributed by atoms with Crippen LogP contribution in [0.2, 0.25) is 0 Å². The lowest BCUT2D eigenvalue weighted by molar-refractivity contribution is 0.0711. The number of carbonyl (C=O) groups excluding carboxylic acids is 2. The molecule has 0 aliphatic carbocycles. The Bertz CT molecular complexity index is 846. The molecule has 0 radical (unpaired) electrons. The fourth-order valence-electron chi connectivity index (χ4n) is 1.99. The van der Waals surface area contributed by atoms with Crippen LogP contribution in [0.5, 0.6) is 0 Å². The molecule has 0 bridgehead atoms. The number of anilines is 1. The van der Waals surface area contributed by atoms with Crippen molar-refractivity contribution in [2.75, 3.05) is 5.32 Å². The van der Waals surface area contributed by atoms with Gasteiger partial charge in [0.1, 0.15) is 0 Å². The minimum Gasteiger partial charge on any atom is -0.322 e. The zero-order chi connectivity index (χ0) is 15.5. The topological polar surface area (TPSA) is 91.3 Å². The molecule has 0 unspecified atom stereocenters. The van der Waals surface area contributed by atoms with E-state index in [-0.39, 0.29) is 5.91 Å². The standard InChI is InChI=1S/C15H11N3O3S/c19-14(9-2-1-5-16-8-9)17-11-3-4-12-10(6-11)7-13(22-12)15(20)18-21/h1-8,21H,(H,17,19)(H,18,20). The lowest BCUT2D eigenvalue weighted by atomic mass is 10.2. The van der Waals surface area contributed by atoms with E-state index in [0.29, 0.717) is 16.1 Å². The van der Waals surface area contributed by atoms with Gasteiger partial charge in [-0.1, -0.05) is 0 Å². The number of fused-ring (bicyclic) bond motifs is 1. The summed E-state index contributed by atoms with van der Waals surface area (Å²) in [5.41, 5.74) is 2.69. The van der Waals surface area contributed by atoms with Crippen molar-refractivity contribution in [1.29, 1.82) is 0 Å². The average Bonchev–Trinajstić information content (AvgIpc) is 2.98. The second kappa shape index (κ2) is 5.92. The van der Waals surface area contributed by atoms with Gasteiger partial charge in [-0.25, -0.2) is 5.48 Å². The lowest BCUT2D eigenvalue weighted by Crippen LogP contribution is -2.16. The van der Waals surface area contributed by atoms with Crippen LogP contribution in [0.1, 0.15) is 20.0 Å². The number of nitrogens with one attached hydrogen (secondary N) is 2. The molecule has 6 nitrogen and oxygen atoms in total. The van der Waals surface area contributed by atoms with Crippen LogP contribution in [0.4, 0.5) is 5.69 Å². The summed E-state index contributed by atoms with van der Waals surface area (Å²) in [7, 11) is 0. The molecule has 7 heteroatoms. The highest BCUT2D eigenvalue weighted by Crippen LogP contribution is 2.28. The maximum atomic E-state index is 12.1. The normalized spacial score (nSPS) is 10.4. The van der Waals surface area contributed by atoms with E-state index in [9.17, 15) is 9.59 Å². The molecule has 0 atom stereocenters. The molecule has 110 valence electrons. The number of benzene rings is 1. The van der Waals surface area contributed by atoms with E-state index in [1.54, 1.807) is 42.0 Å². The van der Waals surface area contributed by atoms with Gasteiger partial charge in [0.25, 0.3) is 11.8 Å². The van der Waals surface area contributed by atoms with Gasteiger partial charge in [0.2, 0.25) is 0 Å². The Morgan fingerprint density at radius 3 is 2.73 bits per heavy atom. The van der Waals surface area contributed by atoms with Crippen LogP contribution in [-0.2, 0) is 0 Å². The van der Waals surface area contributed by atoms with Gasteiger partial charge in [-0.3, -0.25) is 19.8 Å². The van der Waals surface area contributed by atoms with Crippen molar-refractivity contribution in [3.63, 3.8) is 0 Å². The van der Waals surface area contributed by atoms with Gasteiger partial charge < -0.3 is 5.32 Å². The zero-order valence-electron chi connectivity index (χ0n) is 11.2. The SMILES string of the molecule is O=C(Nc1ccc2sc(C(=O)NO)cc2c1)c1cccnc1. The van der Waals surface area contributed by atoms with Gasteiger partial charge in [-0.05, 0) is 41.8 Å². The summed E-state index contributed by atoms with van der Waals surface area (Å²) in [6.07, 6.45) is 3.09. The number of hydrogen-bond donors (Lipinski definition) is 3. The Hall–Kier alpha value is -2.77. The Morgan fingerprint density at radius 2 is 2.00 bits per heavy atom. The zero-order valence-corrected chi connectivity index (χ0v) is 12.1. The molecular weight excluding hydrogens is 302 g/mol. The first-order chi connectivity index (χ1) is 10.7. The smallest absolute Gasteiger partial charge is 0.284 e. The van der Waals surface area contributed by atoms with E-state index in [2.05, 4.69) is 10.3 Å². The molecule has 0 aliphatic heterocycles. The molecule has 2 aromatic heterocycles. The minimum atomic E-state index is -0.554. The third kappa shape index (κ3) is 2.80. The summed E-state index contributed by atoms with van der Waals surface area (Å²) in [6, 6.07) is 10.4. The molecule has 1 aromatic carbocycles. The Kier molecular flexibility index (Phi) is 3.82. The van der Waals surface area contributed by atoms with Crippen molar-refractivity contribution in [2.24, 2.45) is 0 Å². The molecule has 0 fully saturated rings. The van der Waals surface area contributed by atoms with Crippen LogP contribution in [0.3, 0.4) is 0 Å². The Morgan fingerprint density at radius 1 is 1.14 bits per heavy atom. The van der Waals surface area contributed by atoms with Crippen LogP contribution in [-0.4, -0.2) is 22.0 Å². The first-order valence-electron chi connectivity index (χ1n) is 6.37. The molecule has 0 saturated heterocycles. The molecular formula is C15H11N3O3S. The summed E-state index contributed by atoms with van der Waals surface area (Å²) < 4.78 is 0.887. The van der Waals surface area contributed by atoms with E-state index < -0.39 is 5.91 Å². The average molecular weight is 313 g/mol. The van der Waals surface area contributed by atoms with E-state index in [1.165, 1.54) is 17.5 Å². The number of aromatic nitrogens is 1. The summed E-state index contributed by atoms with van der Waals surface area (Å²) in [5.74, 6) is -0.807. The third-order valence-electron chi connectivity index (χ3n) is 3.02. The van der Waals surface area contributed by atoms with Crippen LogP contribution in [0, 0.1) is 0 Å². The highest BCUT2D eigenvalue weighted by molar-refractivity contribution is 7.20. The first kappa shape index (κ1) is 14.2. The Balaban J connectivity index is 1.86. The summed E-state index contributed by atoms with van der Waals surface area (Å²) >= 11 is 1.26. The molecule has 3 rings (SSSR count). The number of hydroxylamine groups is 1. The number of hydrogen-bond acceptors (Lipinski definition) is 5. The second-order valence-electron chi connectivity index (χ2n) is 4.50. The molecule has 0 aliphatic rings. The van der Waals surface area contributed by atoms with Crippen molar-refractivity contribution in [3.05, 3.63) is 59.2 Å². The van der Waals surface area contributed by atoms with Crippen molar-refractivity contribution in [1.82, 2.24) is 10.5 Å². The highest BCUT2D eigenvalue weighted by atomic mass is 32.1. The van der Waals surface area contributed by atoms with Crippen LogP contribution in [0.15, 0.2) is 48.8 Å². The van der Waals surface area contributed by atoms with Gasteiger partial charge in [0, 0.05) is 22.8 Å².